The second kappa shape index (κ2) is 5.57. The summed E-state index contributed by atoms with van der Waals surface area (Å²) in [6.07, 6.45) is 3.17. The number of carbonyl (C=O) groups is 1. The monoisotopic (exact) mass is 262 g/mol. The van der Waals surface area contributed by atoms with Gasteiger partial charge in [0.1, 0.15) is 5.69 Å². The number of carboxylic acid groups (broad SMARTS) is 1. The Hall–Kier alpha value is -2.28. The van der Waals surface area contributed by atoms with Gasteiger partial charge in [0, 0.05) is 31.1 Å². The Balaban J connectivity index is 2.48. The zero-order valence-electron chi connectivity index (χ0n) is 10.4. The van der Waals surface area contributed by atoms with Crippen molar-refractivity contribution in [3.05, 3.63) is 30.2 Å². The first-order chi connectivity index (χ1) is 9.13. The van der Waals surface area contributed by atoms with Gasteiger partial charge in [-0.1, -0.05) is 12.1 Å². The second-order valence-corrected chi connectivity index (χ2v) is 4.30. The van der Waals surface area contributed by atoms with E-state index in [0.717, 1.165) is 0 Å². The van der Waals surface area contributed by atoms with E-state index in [1.807, 2.05) is 6.92 Å². The van der Waals surface area contributed by atoms with Crippen LogP contribution >= 0.6 is 0 Å². The van der Waals surface area contributed by atoms with Crippen LogP contribution in [0.2, 0.25) is 0 Å². The van der Waals surface area contributed by atoms with Gasteiger partial charge in [-0.2, -0.15) is 0 Å². The highest BCUT2D eigenvalue weighted by atomic mass is 16.4. The molecule has 0 aliphatic heterocycles. The summed E-state index contributed by atoms with van der Waals surface area (Å²) in [5.74, 6) is -1.18. The van der Waals surface area contributed by atoms with E-state index >= 15 is 0 Å². The fourth-order valence-electron chi connectivity index (χ4n) is 1.73. The number of aliphatic hydroxyl groups excluding tert-OH is 1. The molecule has 7 nitrogen and oxygen atoms in total. The van der Waals surface area contributed by atoms with Crippen LogP contribution in [0.5, 0.6) is 0 Å². The molecule has 0 radical (unpaired) electrons. The normalized spacial score (nSPS) is 12.3. The van der Waals surface area contributed by atoms with Gasteiger partial charge in [0.15, 0.2) is 5.69 Å². The van der Waals surface area contributed by atoms with Crippen LogP contribution in [0.4, 0.5) is 0 Å². The molecule has 2 rings (SSSR count). The van der Waals surface area contributed by atoms with Gasteiger partial charge >= 0.3 is 5.97 Å². The Morgan fingerprint density at radius 1 is 1.53 bits per heavy atom. The van der Waals surface area contributed by atoms with Crippen molar-refractivity contribution in [3.8, 4) is 11.3 Å². The Kier molecular flexibility index (Phi) is 3.86. The summed E-state index contributed by atoms with van der Waals surface area (Å²) in [5, 5.41) is 25.8. The highest BCUT2D eigenvalue weighted by molar-refractivity contribution is 5.92. The molecule has 2 aromatic rings. The largest absolute Gasteiger partial charge is 0.476 e. The number of aromatic nitrogens is 4. The first-order valence-electron chi connectivity index (χ1n) is 5.81. The molecular weight excluding hydrogens is 248 g/mol. The van der Waals surface area contributed by atoms with E-state index in [2.05, 4.69) is 15.3 Å². The summed E-state index contributed by atoms with van der Waals surface area (Å²) in [5.41, 5.74) is 0.925. The summed E-state index contributed by atoms with van der Waals surface area (Å²) in [7, 11) is 0. The highest BCUT2D eigenvalue weighted by Crippen LogP contribution is 2.22. The van der Waals surface area contributed by atoms with Crippen LogP contribution in [0.1, 0.15) is 17.4 Å². The molecule has 2 aromatic heterocycles. The summed E-state index contributed by atoms with van der Waals surface area (Å²) in [6.45, 7) is 2.23. The zero-order chi connectivity index (χ0) is 13.8. The molecule has 19 heavy (non-hydrogen) atoms. The Bertz CT molecular complexity index is 568. The smallest absolute Gasteiger partial charge is 0.358 e. The molecule has 0 fully saturated rings. The van der Waals surface area contributed by atoms with Gasteiger partial charge in [0.05, 0.1) is 0 Å². The maximum absolute atomic E-state index is 11.2. The van der Waals surface area contributed by atoms with Gasteiger partial charge in [-0.15, -0.1) is 5.10 Å². The summed E-state index contributed by atoms with van der Waals surface area (Å²) >= 11 is 0. The molecule has 2 N–H and O–H groups in total. The van der Waals surface area contributed by atoms with E-state index in [0.29, 0.717) is 17.8 Å². The van der Waals surface area contributed by atoms with Crippen molar-refractivity contribution in [1.29, 1.82) is 0 Å². The van der Waals surface area contributed by atoms with E-state index in [1.54, 1.807) is 24.5 Å². The number of aliphatic hydroxyl groups is 1. The number of rotatable bonds is 5. The molecule has 1 unspecified atom stereocenters. The molecule has 100 valence electrons. The van der Waals surface area contributed by atoms with Crippen molar-refractivity contribution in [2.24, 2.45) is 5.92 Å². The minimum atomic E-state index is -1.14. The highest BCUT2D eigenvalue weighted by Gasteiger charge is 2.21. The van der Waals surface area contributed by atoms with Crippen LogP contribution < -0.4 is 0 Å². The molecule has 0 saturated heterocycles. The van der Waals surface area contributed by atoms with Crippen LogP contribution in [0.3, 0.4) is 0 Å². The number of hydrogen-bond acceptors (Lipinski definition) is 5. The lowest BCUT2D eigenvalue weighted by Gasteiger charge is -2.10. The minimum Gasteiger partial charge on any atom is -0.476 e. The average molecular weight is 262 g/mol. The Morgan fingerprint density at radius 2 is 2.32 bits per heavy atom. The van der Waals surface area contributed by atoms with Gasteiger partial charge < -0.3 is 10.2 Å². The SMILES string of the molecule is CC(CO)Cn1nnc(C(=O)O)c1-c1cccnc1. The van der Waals surface area contributed by atoms with Gasteiger partial charge in [0.25, 0.3) is 0 Å². The standard InChI is InChI=1S/C12H14N4O3/c1-8(7-17)6-16-11(9-3-2-4-13-5-9)10(12(18)19)14-15-16/h2-5,8,17H,6-7H2,1H3,(H,18,19). The Morgan fingerprint density at radius 3 is 2.89 bits per heavy atom. The zero-order valence-corrected chi connectivity index (χ0v) is 10.4. The predicted octanol–water partition coefficient (Wildman–Crippen LogP) is 0.667. The fraction of sp³-hybridized carbons (Fsp3) is 0.333. The van der Waals surface area contributed by atoms with Crippen molar-refractivity contribution >= 4 is 5.97 Å². The van der Waals surface area contributed by atoms with E-state index in [9.17, 15) is 4.79 Å². The van der Waals surface area contributed by atoms with Crippen LogP contribution in [0.15, 0.2) is 24.5 Å². The minimum absolute atomic E-state index is 0.00521. The molecule has 0 aliphatic rings. The lowest BCUT2D eigenvalue weighted by atomic mass is 10.1. The average Bonchev–Trinajstić information content (AvgIpc) is 2.83. The van der Waals surface area contributed by atoms with Gasteiger partial charge in [-0.3, -0.25) is 4.98 Å². The number of hydrogen-bond donors (Lipinski definition) is 2. The Labute approximate surface area is 109 Å². The maximum atomic E-state index is 11.2. The van der Waals surface area contributed by atoms with Gasteiger partial charge in [-0.05, 0) is 18.1 Å². The molecule has 0 aromatic carbocycles. The van der Waals surface area contributed by atoms with Crippen LogP contribution in [-0.2, 0) is 6.54 Å². The number of carboxylic acids is 1. The van der Waals surface area contributed by atoms with Gasteiger partial charge in [0.2, 0.25) is 0 Å². The number of nitrogens with zero attached hydrogens (tertiary/aromatic N) is 4. The van der Waals surface area contributed by atoms with Crippen molar-refractivity contribution in [2.45, 2.75) is 13.5 Å². The van der Waals surface area contributed by atoms with E-state index in [1.165, 1.54) is 4.68 Å². The van der Waals surface area contributed by atoms with E-state index < -0.39 is 5.97 Å². The van der Waals surface area contributed by atoms with E-state index in [-0.39, 0.29) is 18.2 Å². The quantitative estimate of drug-likeness (QED) is 0.821. The molecule has 1 atom stereocenters. The first kappa shape index (κ1) is 13.2. The van der Waals surface area contributed by atoms with Crippen LogP contribution in [-0.4, -0.2) is 42.8 Å². The van der Waals surface area contributed by atoms with Crippen molar-refractivity contribution in [1.82, 2.24) is 20.0 Å². The lowest BCUT2D eigenvalue weighted by molar-refractivity contribution is 0.0691. The molecule has 0 amide bonds. The van der Waals surface area contributed by atoms with Gasteiger partial charge in [-0.25, -0.2) is 9.48 Å². The lowest BCUT2D eigenvalue weighted by Crippen LogP contribution is -2.14. The third-order valence-electron chi connectivity index (χ3n) is 2.67. The van der Waals surface area contributed by atoms with Crippen molar-refractivity contribution in [3.63, 3.8) is 0 Å². The number of aromatic carboxylic acids is 1. The molecule has 0 aliphatic carbocycles. The fourth-order valence-corrected chi connectivity index (χ4v) is 1.73. The number of pyridine rings is 1. The van der Waals surface area contributed by atoms with Crippen LogP contribution in [0.25, 0.3) is 11.3 Å². The molecule has 0 saturated carbocycles. The molecular formula is C12H14N4O3. The summed E-state index contributed by atoms with van der Waals surface area (Å²) in [4.78, 5) is 15.1. The van der Waals surface area contributed by atoms with Crippen molar-refractivity contribution < 1.29 is 15.0 Å². The summed E-state index contributed by atoms with van der Waals surface area (Å²) in [6, 6.07) is 3.46. The molecule has 0 spiro atoms. The molecule has 0 bridgehead atoms. The topological polar surface area (TPSA) is 101 Å². The third kappa shape index (κ3) is 2.76. The maximum Gasteiger partial charge on any atom is 0.358 e. The predicted molar refractivity (Wildman–Crippen MR) is 66.5 cm³/mol. The summed E-state index contributed by atoms with van der Waals surface area (Å²) < 4.78 is 1.49. The molecule has 7 heteroatoms. The van der Waals surface area contributed by atoms with Crippen LogP contribution in [0, 0.1) is 5.92 Å². The van der Waals surface area contributed by atoms with E-state index in [4.69, 9.17) is 10.2 Å². The second-order valence-electron chi connectivity index (χ2n) is 4.30. The third-order valence-corrected chi connectivity index (χ3v) is 2.67. The van der Waals surface area contributed by atoms with Crippen molar-refractivity contribution in [2.75, 3.05) is 6.61 Å². The first-order valence-corrected chi connectivity index (χ1v) is 5.81. The molecule has 2 heterocycles.